The van der Waals surface area contributed by atoms with E-state index in [-0.39, 0.29) is 31.4 Å². The second-order valence-corrected chi connectivity index (χ2v) is 8.99. The van der Waals surface area contributed by atoms with Crippen molar-refractivity contribution in [1.82, 2.24) is 9.88 Å². The second kappa shape index (κ2) is 10.1. The van der Waals surface area contributed by atoms with Crippen LogP contribution in [-0.4, -0.2) is 41.3 Å². The molecule has 5 rings (SSSR count). The second-order valence-electron chi connectivity index (χ2n) is 8.99. The molecule has 1 heterocycles. The molecule has 3 N–H and O–H groups in total. The van der Waals surface area contributed by atoms with Gasteiger partial charge < -0.3 is 20.4 Å². The Morgan fingerprint density at radius 3 is 2.54 bits per heavy atom. The Morgan fingerprint density at radius 1 is 0.914 bits per heavy atom. The quantitative estimate of drug-likeness (QED) is 0.281. The van der Waals surface area contributed by atoms with Crippen molar-refractivity contribution in [3.8, 4) is 5.75 Å². The van der Waals surface area contributed by atoms with Crippen molar-refractivity contribution in [2.75, 3.05) is 25.4 Å². The van der Waals surface area contributed by atoms with Gasteiger partial charge in [0.05, 0.1) is 13.1 Å². The largest absolute Gasteiger partial charge is 0.492 e. The van der Waals surface area contributed by atoms with E-state index in [1.54, 1.807) is 36.4 Å². The van der Waals surface area contributed by atoms with Crippen LogP contribution < -0.4 is 10.5 Å². The number of nitrogens with two attached hydrogens (primary N) is 1. The standard InChI is InChI=1S/C29H29N3O3/c30-22-10-6-9-21(17-22)28(33)19-32(29(34)20-7-2-1-3-8-20)15-16-35-23-13-14-25-24-11-4-5-12-26(24)31-27(25)18-23/h1-3,6-10,13-14,17-18,31H,4-5,11-12,15-16,19,30H2. The zero-order valence-electron chi connectivity index (χ0n) is 19.6. The maximum Gasteiger partial charge on any atom is 0.254 e. The number of hydrogen-bond donors (Lipinski definition) is 2. The van der Waals surface area contributed by atoms with Crippen molar-refractivity contribution in [3.63, 3.8) is 0 Å². The maximum absolute atomic E-state index is 13.2. The number of aromatic amines is 1. The van der Waals surface area contributed by atoms with Crippen LogP contribution in [0.1, 0.15) is 44.8 Å². The summed E-state index contributed by atoms with van der Waals surface area (Å²) >= 11 is 0. The van der Waals surface area contributed by atoms with Gasteiger partial charge in [0.1, 0.15) is 12.4 Å². The number of hydrogen-bond acceptors (Lipinski definition) is 4. The SMILES string of the molecule is Nc1cccc(C(=O)CN(CCOc2ccc3c4c([nH]c3c2)CCCC4)C(=O)c2ccccc2)c1. The first kappa shape index (κ1) is 22.7. The number of nitrogens with one attached hydrogen (secondary N) is 1. The first-order valence-corrected chi connectivity index (χ1v) is 12.1. The van der Waals surface area contributed by atoms with Crippen molar-refractivity contribution >= 4 is 28.3 Å². The fourth-order valence-electron chi connectivity index (χ4n) is 4.75. The van der Waals surface area contributed by atoms with E-state index in [9.17, 15) is 9.59 Å². The highest BCUT2D eigenvalue weighted by Crippen LogP contribution is 2.31. The van der Waals surface area contributed by atoms with Gasteiger partial charge in [-0.1, -0.05) is 30.3 Å². The molecule has 0 atom stereocenters. The van der Waals surface area contributed by atoms with E-state index in [4.69, 9.17) is 10.5 Å². The topological polar surface area (TPSA) is 88.4 Å². The van der Waals surface area contributed by atoms with Gasteiger partial charge in [-0.2, -0.15) is 0 Å². The number of ether oxygens (including phenoxy) is 1. The zero-order valence-corrected chi connectivity index (χ0v) is 19.6. The predicted molar refractivity (Wildman–Crippen MR) is 138 cm³/mol. The van der Waals surface area contributed by atoms with Gasteiger partial charge >= 0.3 is 0 Å². The van der Waals surface area contributed by atoms with E-state index >= 15 is 0 Å². The Morgan fingerprint density at radius 2 is 1.71 bits per heavy atom. The van der Waals surface area contributed by atoms with Gasteiger partial charge in [-0.25, -0.2) is 0 Å². The number of nitrogens with zero attached hydrogens (tertiary/aromatic N) is 1. The van der Waals surface area contributed by atoms with Crippen LogP contribution in [0.25, 0.3) is 10.9 Å². The molecule has 0 spiro atoms. The molecule has 0 fully saturated rings. The van der Waals surface area contributed by atoms with E-state index in [2.05, 4.69) is 11.1 Å². The molecule has 1 aliphatic carbocycles. The molecule has 0 saturated carbocycles. The van der Waals surface area contributed by atoms with Crippen LogP contribution in [-0.2, 0) is 12.8 Å². The summed E-state index contributed by atoms with van der Waals surface area (Å²) in [7, 11) is 0. The van der Waals surface area contributed by atoms with Crippen LogP contribution in [0.2, 0.25) is 0 Å². The molecule has 1 amide bonds. The maximum atomic E-state index is 13.2. The monoisotopic (exact) mass is 467 g/mol. The van der Waals surface area contributed by atoms with Crippen molar-refractivity contribution in [3.05, 3.63) is 95.2 Å². The van der Waals surface area contributed by atoms with Crippen LogP contribution in [0, 0.1) is 0 Å². The molecule has 6 nitrogen and oxygen atoms in total. The normalized spacial score (nSPS) is 12.8. The van der Waals surface area contributed by atoms with Crippen molar-refractivity contribution < 1.29 is 14.3 Å². The minimum Gasteiger partial charge on any atom is -0.492 e. The number of anilines is 1. The zero-order chi connectivity index (χ0) is 24.2. The number of amides is 1. The third-order valence-corrected chi connectivity index (χ3v) is 6.55. The summed E-state index contributed by atoms with van der Waals surface area (Å²) in [5, 5.41) is 1.26. The number of carbonyl (C=O) groups excluding carboxylic acids is 2. The molecule has 0 aliphatic heterocycles. The summed E-state index contributed by atoms with van der Waals surface area (Å²) in [6.45, 7) is 0.499. The molecular weight excluding hydrogens is 438 g/mol. The summed E-state index contributed by atoms with van der Waals surface area (Å²) in [6.07, 6.45) is 4.67. The van der Waals surface area contributed by atoms with Crippen LogP contribution >= 0.6 is 0 Å². The van der Waals surface area contributed by atoms with Gasteiger partial charge in [0.25, 0.3) is 5.91 Å². The van der Waals surface area contributed by atoms with Gasteiger partial charge in [0.2, 0.25) is 0 Å². The molecular formula is C29H29N3O3. The van der Waals surface area contributed by atoms with E-state index in [1.807, 2.05) is 30.3 Å². The molecule has 0 radical (unpaired) electrons. The fourth-order valence-corrected chi connectivity index (χ4v) is 4.75. The van der Waals surface area contributed by atoms with Crippen LogP contribution in [0.15, 0.2) is 72.8 Å². The Balaban J connectivity index is 1.29. The number of Topliss-reactive ketones (excluding diaryl/α,β-unsaturated/α-hetero) is 1. The van der Waals surface area contributed by atoms with Gasteiger partial charge in [0.15, 0.2) is 5.78 Å². The molecule has 0 bridgehead atoms. The lowest BCUT2D eigenvalue weighted by atomic mass is 9.96. The molecule has 6 heteroatoms. The van der Waals surface area contributed by atoms with Crippen molar-refractivity contribution in [2.45, 2.75) is 25.7 Å². The third-order valence-electron chi connectivity index (χ3n) is 6.55. The smallest absolute Gasteiger partial charge is 0.254 e. The molecule has 0 saturated heterocycles. The number of fused-ring (bicyclic) bond motifs is 3. The number of aromatic nitrogens is 1. The van der Waals surface area contributed by atoms with Crippen LogP contribution in [0.3, 0.4) is 0 Å². The Hall–Kier alpha value is -4.06. The van der Waals surface area contributed by atoms with Crippen LogP contribution in [0.4, 0.5) is 5.69 Å². The first-order chi connectivity index (χ1) is 17.1. The lowest BCUT2D eigenvalue weighted by molar-refractivity contribution is 0.0686. The molecule has 178 valence electrons. The number of nitrogen functional groups attached to an aromatic ring is 1. The molecule has 0 unspecified atom stereocenters. The summed E-state index contributed by atoms with van der Waals surface area (Å²) in [4.78, 5) is 31.2. The molecule has 4 aromatic rings. The van der Waals surface area contributed by atoms with Gasteiger partial charge in [-0.15, -0.1) is 0 Å². The lowest BCUT2D eigenvalue weighted by Crippen LogP contribution is -2.38. The summed E-state index contributed by atoms with van der Waals surface area (Å²) in [6, 6.07) is 21.9. The number of carbonyl (C=O) groups is 2. The van der Waals surface area contributed by atoms with E-state index in [0.717, 1.165) is 24.1 Å². The number of H-pyrrole nitrogens is 1. The predicted octanol–water partition coefficient (Wildman–Crippen LogP) is 5.03. The van der Waals surface area contributed by atoms with E-state index < -0.39 is 0 Å². The molecule has 1 aliphatic rings. The fraction of sp³-hybridized carbons (Fsp3) is 0.241. The minimum atomic E-state index is -0.209. The highest BCUT2D eigenvalue weighted by atomic mass is 16.5. The van der Waals surface area contributed by atoms with E-state index in [1.165, 1.54) is 34.4 Å². The summed E-state index contributed by atoms with van der Waals surface area (Å²) in [5.74, 6) is 0.365. The molecule has 3 aromatic carbocycles. The van der Waals surface area contributed by atoms with Gasteiger partial charge in [0, 0.05) is 39.5 Å². The first-order valence-electron chi connectivity index (χ1n) is 12.1. The Labute approximate surface area is 204 Å². The number of ketones is 1. The number of benzene rings is 3. The van der Waals surface area contributed by atoms with Gasteiger partial charge in [-0.05, 0) is 67.6 Å². The Kier molecular flexibility index (Phi) is 6.53. The number of aryl methyl sites for hydroxylation is 2. The summed E-state index contributed by atoms with van der Waals surface area (Å²) in [5.41, 5.74) is 11.2. The molecule has 1 aromatic heterocycles. The minimum absolute atomic E-state index is 0.0527. The highest BCUT2D eigenvalue weighted by Gasteiger charge is 2.20. The highest BCUT2D eigenvalue weighted by molar-refractivity contribution is 6.02. The average Bonchev–Trinajstić information content (AvgIpc) is 3.26. The number of rotatable bonds is 8. The third kappa shape index (κ3) is 5.06. The van der Waals surface area contributed by atoms with Gasteiger partial charge in [-0.3, -0.25) is 9.59 Å². The van der Waals surface area contributed by atoms with Crippen LogP contribution in [0.5, 0.6) is 5.75 Å². The summed E-state index contributed by atoms with van der Waals surface area (Å²) < 4.78 is 6.02. The average molecular weight is 468 g/mol. The molecule has 35 heavy (non-hydrogen) atoms. The lowest BCUT2D eigenvalue weighted by Gasteiger charge is -2.22. The Bertz CT molecular complexity index is 1360. The van der Waals surface area contributed by atoms with Crippen molar-refractivity contribution in [2.24, 2.45) is 0 Å². The van der Waals surface area contributed by atoms with Crippen molar-refractivity contribution in [1.29, 1.82) is 0 Å². The van der Waals surface area contributed by atoms with E-state index in [0.29, 0.717) is 16.8 Å².